The number of benzene rings is 2. The minimum atomic E-state index is -0.507. The maximum atomic E-state index is 12.7. The average Bonchev–Trinajstić information content (AvgIpc) is 3.01. The van der Waals surface area contributed by atoms with E-state index in [9.17, 15) is 14.4 Å². The minimum absolute atomic E-state index is 0.240. The molecular formula is C21H20N2O5S2. The van der Waals surface area contributed by atoms with E-state index in [4.69, 9.17) is 9.47 Å². The van der Waals surface area contributed by atoms with Crippen molar-refractivity contribution in [3.05, 3.63) is 52.9 Å². The summed E-state index contributed by atoms with van der Waals surface area (Å²) in [4.78, 5) is 39.5. The lowest BCUT2D eigenvalue weighted by molar-refractivity contribution is -0.127. The van der Waals surface area contributed by atoms with Gasteiger partial charge in [-0.3, -0.25) is 19.3 Å². The highest BCUT2D eigenvalue weighted by Gasteiger charge is 2.36. The first-order chi connectivity index (χ1) is 14.4. The Morgan fingerprint density at radius 1 is 1.13 bits per heavy atom. The van der Waals surface area contributed by atoms with Crippen LogP contribution in [0.4, 0.5) is 10.5 Å². The van der Waals surface area contributed by atoms with Crippen LogP contribution in [0.1, 0.15) is 5.56 Å². The smallest absolute Gasteiger partial charge is 0.294 e. The zero-order valence-electron chi connectivity index (χ0n) is 16.6. The predicted octanol–water partition coefficient (Wildman–Crippen LogP) is 4.10. The van der Waals surface area contributed by atoms with E-state index in [2.05, 4.69) is 5.32 Å². The van der Waals surface area contributed by atoms with Crippen molar-refractivity contribution >= 4 is 52.3 Å². The highest BCUT2D eigenvalue weighted by atomic mass is 32.2. The van der Waals surface area contributed by atoms with E-state index >= 15 is 0 Å². The second-order valence-electron chi connectivity index (χ2n) is 6.16. The molecule has 30 heavy (non-hydrogen) atoms. The molecule has 1 aliphatic heterocycles. The summed E-state index contributed by atoms with van der Waals surface area (Å²) in [6.45, 7) is -0.350. The Bertz CT molecular complexity index is 1020. The predicted molar refractivity (Wildman–Crippen MR) is 119 cm³/mol. The summed E-state index contributed by atoms with van der Waals surface area (Å²) in [5.74, 6) is 0.123. The van der Waals surface area contributed by atoms with E-state index in [1.165, 1.54) is 14.2 Å². The van der Waals surface area contributed by atoms with E-state index in [1.807, 2.05) is 24.5 Å². The summed E-state index contributed by atoms with van der Waals surface area (Å²) in [5.41, 5.74) is 1.29. The molecule has 9 heteroatoms. The molecule has 156 valence electrons. The van der Waals surface area contributed by atoms with E-state index in [0.717, 1.165) is 21.6 Å². The van der Waals surface area contributed by atoms with Gasteiger partial charge in [-0.2, -0.15) is 0 Å². The minimum Gasteiger partial charge on any atom is -0.493 e. The zero-order valence-corrected chi connectivity index (χ0v) is 18.3. The lowest BCUT2D eigenvalue weighted by atomic mass is 10.2. The third kappa shape index (κ3) is 4.98. The van der Waals surface area contributed by atoms with Gasteiger partial charge >= 0.3 is 0 Å². The quantitative estimate of drug-likeness (QED) is 0.508. The molecule has 1 fully saturated rings. The molecule has 1 aliphatic rings. The number of nitrogens with one attached hydrogen (secondary N) is 1. The molecule has 3 rings (SSSR count). The monoisotopic (exact) mass is 444 g/mol. The Hall–Kier alpha value is -2.91. The van der Waals surface area contributed by atoms with Gasteiger partial charge in [0.2, 0.25) is 5.91 Å². The summed E-state index contributed by atoms with van der Waals surface area (Å²) in [5, 5.41) is 2.23. The number of ether oxygens (including phenoxy) is 2. The van der Waals surface area contributed by atoms with Crippen LogP contribution >= 0.6 is 23.5 Å². The largest absolute Gasteiger partial charge is 0.493 e. The first-order valence-corrected chi connectivity index (χ1v) is 10.9. The molecule has 0 aliphatic carbocycles. The van der Waals surface area contributed by atoms with Crippen LogP contribution in [0, 0.1) is 0 Å². The molecular weight excluding hydrogens is 424 g/mol. The molecule has 0 spiro atoms. The second-order valence-corrected chi connectivity index (χ2v) is 8.04. The number of rotatable bonds is 7. The van der Waals surface area contributed by atoms with Crippen molar-refractivity contribution in [2.75, 3.05) is 32.3 Å². The van der Waals surface area contributed by atoms with Gasteiger partial charge in [0.25, 0.3) is 11.1 Å². The number of nitrogens with zero attached hydrogens (tertiary/aromatic N) is 1. The summed E-state index contributed by atoms with van der Waals surface area (Å²) < 4.78 is 10.5. The molecule has 2 aromatic carbocycles. The summed E-state index contributed by atoms with van der Waals surface area (Å²) in [6.07, 6.45) is 3.53. The van der Waals surface area contributed by atoms with Crippen molar-refractivity contribution in [2.45, 2.75) is 4.90 Å². The van der Waals surface area contributed by atoms with Gasteiger partial charge in [-0.15, -0.1) is 11.8 Å². The van der Waals surface area contributed by atoms with Crippen molar-refractivity contribution < 1.29 is 23.9 Å². The second kappa shape index (κ2) is 9.73. The molecule has 0 radical (unpaired) electrons. The third-order valence-electron chi connectivity index (χ3n) is 4.23. The van der Waals surface area contributed by atoms with Crippen LogP contribution in [-0.4, -0.2) is 49.0 Å². The summed E-state index contributed by atoms with van der Waals surface area (Å²) in [6, 6.07) is 12.5. The molecule has 1 N–H and O–H groups in total. The van der Waals surface area contributed by atoms with Crippen molar-refractivity contribution in [3.63, 3.8) is 0 Å². The van der Waals surface area contributed by atoms with Gasteiger partial charge in [-0.05, 0) is 60.0 Å². The van der Waals surface area contributed by atoms with Crippen molar-refractivity contribution in [1.82, 2.24) is 4.90 Å². The fraction of sp³-hybridized carbons (Fsp3) is 0.190. The van der Waals surface area contributed by atoms with Gasteiger partial charge in [-0.25, -0.2) is 0 Å². The molecule has 0 aromatic heterocycles. The highest BCUT2D eigenvalue weighted by Crippen LogP contribution is 2.34. The number of thioether (sulfide) groups is 2. The number of methoxy groups -OCH3 is 2. The van der Waals surface area contributed by atoms with E-state index in [1.54, 1.807) is 42.1 Å². The number of imide groups is 1. The van der Waals surface area contributed by atoms with Crippen LogP contribution in [0.25, 0.3) is 6.08 Å². The summed E-state index contributed by atoms with van der Waals surface area (Å²) >= 11 is 2.35. The van der Waals surface area contributed by atoms with E-state index < -0.39 is 17.1 Å². The lowest BCUT2D eigenvalue weighted by Gasteiger charge is -2.13. The van der Waals surface area contributed by atoms with Crippen LogP contribution in [0.2, 0.25) is 0 Å². The Morgan fingerprint density at radius 2 is 1.90 bits per heavy atom. The highest BCUT2D eigenvalue weighted by molar-refractivity contribution is 8.18. The molecule has 0 bridgehead atoms. The molecule has 0 saturated carbocycles. The van der Waals surface area contributed by atoms with Crippen LogP contribution in [0.5, 0.6) is 11.5 Å². The van der Waals surface area contributed by atoms with Crippen LogP contribution < -0.4 is 14.8 Å². The molecule has 1 saturated heterocycles. The molecule has 7 nitrogen and oxygen atoms in total. The fourth-order valence-corrected chi connectivity index (χ4v) is 4.07. The van der Waals surface area contributed by atoms with Gasteiger partial charge in [0.1, 0.15) is 6.54 Å². The van der Waals surface area contributed by atoms with Crippen LogP contribution in [0.3, 0.4) is 0 Å². The number of hydrogen-bond donors (Lipinski definition) is 1. The van der Waals surface area contributed by atoms with Gasteiger partial charge in [-0.1, -0.05) is 12.1 Å². The van der Waals surface area contributed by atoms with Crippen molar-refractivity contribution in [1.29, 1.82) is 0 Å². The first kappa shape index (κ1) is 21.8. The molecule has 1 heterocycles. The zero-order chi connectivity index (χ0) is 21.7. The molecule has 0 atom stereocenters. The SMILES string of the molecule is COc1ccc(/C=C2/SC(=O)N(CC(=O)Nc3cccc(SC)c3)C2=O)cc1OC. The van der Waals surface area contributed by atoms with E-state index in [-0.39, 0.29) is 11.4 Å². The topological polar surface area (TPSA) is 84.9 Å². The maximum Gasteiger partial charge on any atom is 0.294 e. The van der Waals surface area contributed by atoms with Gasteiger partial charge in [0, 0.05) is 10.6 Å². The average molecular weight is 445 g/mol. The standard InChI is InChI=1S/C21H20N2O5S2/c1-27-16-8-7-13(9-17(16)28-2)10-18-20(25)23(21(26)30-18)12-19(24)22-14-5-4-6-15(11-14)29-3/h4-11H,12H2,1-3H3,(H,22,24)/b18-10+. The Balaban J connectivity index is 1.71. The Morgan fingerprint density at radius 3 is 2.60 bits per heavy atom. The molecule has 0 unspecified atom stereocenters. The number of hydrogen-bond acceptors (Lipinski definition) is 7. The van der Waals surface area contributed by atoms with Gasteiger partial charge in [0.05, 0.1) is 19.1 Å². The van der Waals surface area contributed by atoms with Crippen LogP contribution in [0.15, 0.2) is 52.3 Å². The maximum absolute atomic E-state index is 12.7. The normalized spacial score (nSPS) is 14.9. The Kier molecular flexibility index (Phi) is 7.07. The Labute approximate surface area is 182 Å². The van der Waals surface area contributed by atoms with Gasteiger partial charge < -0.3 is 14.8 Å². The fourth-order valence-electron chi connectivity index (χ4n) is 2.78. The number of carbonyl (C=O) groups excluding carboxylic acids is 3. The van der Waals surface area contributed by atoms with Crippen molar-refractivity contribution in [2.24, 2.45) is 0 Å². The number of amides is 3. The lowest BCUT2D eigenvalue weighted by Crippen LogP contribution is -2.36. The third-order valence-corrected chi connectivity index (χ3v) is 5.87. The van der Waals surface area contributed by atoms with E-state index in [0.29, 0.717) is 22.7 Å². The molecule has 3 amide bonds. The number of carbonyl (C=O) groups is 3. The molecule has 2 aromatic rings. The van der Waals surface area contributed by atoms with Crippen LogP contribution in [-0.2, 0) is 9.59 Å². The van der Waals surface area contributed by atoms with Crippen molar-refractivity contribution in [3.8, 4) is 11.5 Å². The number of anilines is 1. The summed E-state index contributed by atoms with van der Waals surface area (Å²) in [7, 11) is 3.05. The van der Waals surface area contributed by atoms with Gasteiger partial charge in [0.15, 0.2) is 11.5 Å². The first-order valence-electron chi connectivity index (χ1n) is 8.86.